The molecule has 23 heavy (non-hydrogen) atoms. The van der Waals surface area contributed by atoms with E-state index in [0.29, 0.717) is 11.4 Å². The van der Waals surface area contributed by atoms with Gasteiger partial charge in [0.1, 0.15) is 24.0 Å². The second kappa shape index (κ2) is 7.68. The molecule has 2 aliphatic rings. The number of halogens is 1. The first-order valence-electron chi connectivity index (χ1n) is 7.87. The van der Waals surface area contributed by atoms with Gasteiger partial charge in [0.25, 0.3) is 0 Å². The van der Waals surface area contributed by atoms with Crippen LogP contribution in [0, 0.1) is 0 Å². The zero-order valence-corrected chi connectivity index (χ0v) is 14.8. The summed E-state index contributed by atoms with van der Waals surface area (Å²) in [5, 5.41) is 3.35. The molecule has 122 valence electrons. The van der Waals surface area contributed by atoms with Crippen LogP contribution < -0.4 is 10.1 Å². The zero-order chi connectivity index (χ0) is 16.1. The largest absolute Gasteiger partial charge is 0.497 e. The third-order valence-corrected chi connectivity index (χ3v) is 4.51. The number of para-hydroxylation sites is 1. The van der Waals surface area contributed by atoms with Crippen molar-refractivity contribution in [1.82, 2.24) is 5.32 Å². The minimum Gasteiger partial charge on any atom is -0.497 e. The second-order valence-corrected chi connectivity index (χ2v) is 6.69. The Morgan fingerprint density at radius 3 is 3.00 bits per heavy atom. The van der Waals surface area contributed by atoms with E-state index < -0.39 is 0 Å². The number of methoxy groups -OCH3 is 1. The standard InChI is InChI=1S/C18H21BrN2O2/c1-22-16-8-7-14(19)11-13(16)12-23-17-6-3-2-5-15(17)18-20-9-4-10-21-18/h2-3,5-6,8,11,14H,4,7,9-10,12H2,1H3,(H,20,21). The molecule has 4 nitrogen and oxygen atoms in total. The Kier molecular flexibility index (Phi) is 5.39. The van der Waals surface area contributed by atoms with Gasteiger partial charge in [-0.2, -0.15) is 0 Å². The van der Waals surface area contributed by atoms with Gasteiger partial charge in [0, 0.05) is 23.5 Å². The lowest BCUT2D eigenvalue weighted by atomic mass is 10.1. The van der Waals surface area contributed by atoms with Gasteiger partial charge in [0.15, 0.2) is 0 Å². The fraction of sp³-hybridized carbons (Fsp3) is 0.389. The van der Waals surface area contributed by atoms with Gasteiger partial charge >= 0.3 is 0 Å². The highest BCUT2D eigenvalue weighted by Crippen LogP contribution is 2.26. The maximum Gasteiger partial charge on any atom is 0.132 e. The highest BCUT2D eigenvalue weighted by Gasteiger charge is 2.17. The molecule has 0 fully saturated rings. The summed E-state index contributed by atoms with van der Waals surface area (Å²) in [6, 6.07) is 8.02. The van der Waals surface area contributed by atoms with Crippen LogP contribution in [0.25, 0.3) is 0 Å². The highest BCUT2D eigenvalue weighted by atomic mass is 79.9. The van der Waals surface area contributed by atoms with Crippen molar-refractivity contribution in [3.05, 3.63) is 53.3 Å². The fourth-order valence-electron chi connectivity index (χ4n) is 2.71. The molecule has 0 saturated heterocycles. The van der Waals surface area contributed by atoms with E-state index in [2.05, 4.69) is 38.4 Å². The molecule has 1 N–H and O–H groups in total. The van der Waals surface area contributed by atoms with Crippen molar-refractivity contribution in [2.45, 2.75) is 17.7 Å². The topological polar surface area (TPSA) is 42.9 Å². The van der Waals surface area contributed by atoms with E-state index >= 15 is 0 Å². The van der Waals surface area contributed by atoms with Crippen LogP contribution in [0.15, 0.2) is 52.7 Å². The molecule has 5 heteroatoms. The summed E-state index contributed by atoms with van der Waals surface area (Å²) in [5.41, 5.74) is 2.08. The molecule has 0 amide bonds. The summed E-state index contributed by atoms with van der Waals surface area (Å²) in [5.74, 6) is 2.66. The van der Waals surface area contributed by atoms with Crippen LogP contribution in [-0.2, 0) is 4.74 Å². The third kappa shape index (κ3) is 3.96. The molecule has 0 radical (unpaired) electrons. The van der Waals surface area contributed by atoms with Crippen molar-refractivity contribution in [1.29, 1.82) is 0 Å². The van der Waals surface area contributed by atoms with Crippen molar-refractivity contribution >= 4 is 21.8 Å². The monoisotopic (exact) mass is 376 g/mol. The zero-order valence-electron chi connectivity index (χ0n) is 13.2. The maximum atomic E-state index is 6.08. The Hall–Kier alpha value is -1.75. The number of amidine groups is 1. The van der Waals surface area contributed by atoms with Crippen molar-refractivity contribution in [3.63, 3.8) is 0 Å². The molecule has 3 rings (SSSR count). The number of rotatable bonds is 5. The number of nitrogens with zero attached hydrogens (tertiary/aromatic N) is 1. The number of allylic oxidation sites excluding steroid dienone is 2. The minimum atomic E-state index is 0.333. The number of benzene rings is 1. The lowest BCUT2D eigenvalue weighted by molar-refractivity contribution is 0.275. The van der Waals surface area contributed by atoms with Crippen LogP contribution in [-0.4, -0.2) is 37.5 Å². The Morgan fingerprint density at radius 2 is 2.22 bits per heavy atom. The molecular weight excluding hydrogens is 356 g/mol. The summed E-state index contributed by atoms with van der Waals surface area (Å²) in [6.07, 6.45) is 6.26. The number of aliphatic imine (C=N–C) groups is 1. The molecule has 0 saturated carbocycles. The smallest absolute Gasteiger partial charge is 0.132 e. The molecule has 1 aliphatic heterocycles. The molecule has 1 aliphatic carbocycles. The Morgan fingerprint density at radius 1 is 1.35 bits per heavy atom. The number of alkyl halides is 1. The van der Waals surface area contributed by atoms with Gasteiger partial charge in [-0.1, -0.05) is 34.1 Å². The van der Waals surface area contributed by atoms with Gasteiger partial charge in [-0.25, -0.2) is 0 Å². The van der Waals surface area contributed by atoms with E-state index in [9.17, 15) is 0 Å². The third-order valence-electron chi connectivity index (χ3n) is 3.87. The Labute approximate surface area is 145 Å². The highest BCUT2D eigenvalue weighted by molar-refractivity contribution is 9.09. The number of hydrogen-bond donors (Lipinski definition) is 1. The summed E-state index contributed by atoms with van der Waals surface area (Å²) in [6.45, 7) is 2.30. The molecule has 1 unspecified atom stereocenters. The van der Waals surface area contributed by atoms with E-state index in [-0.39, 0.29) is 0 Å². The quantitative estimate of drug-likeness (QED) is 0.800. The van der Waals surface area contributed by atoms with Crippen molar-refractivity contribution in [2.75, 3.05) is 26.8 Å². The lowest BCUT2D eigenvalue weighted by Gasteiger charge is -2.20. The van der Waals surface area contributed by atoms with Crippen LogP contribution in [0.1, 0.15) is 18.4 Å². The predicted molar refractivity (Wildman–Crippen MR) is 96.5 cm³/mol. The Bertz CT molecular complexity index is 652. The molecule has 0 spiro atoms. The first-order chi connectivity index (χ1) is 11.3. The maximum absolute atomic E-state index is 6.08. The Balaban J connectivity index is 1.76. The first kappa shape index (κ1) is 16.1. The summed E-state index contributed by atoms with van der Waals surface area (Å²) < 4.78 is 11.5. The predicted octanol–water partition coefficient (Wildman–Crippen LogP) is 3.43. The molecule has 0 aromatic heterocycles. The first-order valence-corrected chi connectivity index (χ1v) is 8.79. The van der Waals surface area contributed by atoms with Gasteiger partial charge in [0.05, 0.1) is 12.7 Å². The van der Waals surface area contributed by atoms with E-state index in [1.54, 1.807) is 7.11 Å². The fourth-order valence-corrected chi connectivity index (χ4v) is 3.22. The second-order valence-electron chi connectivity index (χ2n) is 5.51. The van der Waals surface area contributed by atoms with E-state index in [4.69, 9.17) is 9.47 Å². The number of hydrogen-bond acceptors (Lipinski definition) is 4. The summed E-state index contributed by atoms with van der Waals surface area (Å²) in [7, 11) is 1.70. The van der Waals surface area contributed by atoms with E-state index in [0.717, 1.165) is 54.4 Å². The minimum absolute atomic E-state index is 0.333. The van der Waals surface area contributed by atoms with Gasteiger partial charge in [-0.3, -0.25) is 4.99 Å². The SMILES string of the molecule is COC1=CCC(Br)C=C1COc1ccccc1C1=NCCCN1. The average Bonchev–Trinajstić information content (AvgIpc) is 2.61. The van der Waals surface area contributed by atoms with E-state index in [1.165, 1.54) is 0 Å². The van der Waals surface area contributed by atoms with Gasteiger partial charge in [-0.05, 0) is 31.1 Å². The van der Waals surface area contributed by atoms with Crippen molar-refractivity contribution < 1.29 is 9.47 Å². The van der Waals surface area contributed by atoms with Crippen LogP contribution in [0.3, 0.4) is 0 Å². The molecular formula is C18H21BrN2O2. The van der Waals surface area contributed by atoms with E-state index in [1.807, 2.05) is 24.3 Å². The summed E-state index contributed by atoms with van der Waals surface area (Å²) in [4.78, 5) is 4.90. The van der Waals surface area contributed by atoms with Crippen LogP contribution in [0.4, 0.5) is 0 Å². The van der Waals surface area contributed by atoms with Crippen LogP contribution in [0.2, 0.25) is 0 Å². The van der Waals surface area contributed by atoms with Crippen molar-refractivity contribution in [2.24, 2.45) is 4.99 Å². The average molecular weight is 377 g/mol. The molecule has 1 heterocycles. The lowest BCUT2D eigenvalue weighted by Crippen LogP contribution is -2.30. The molecule has 1 atom stereocenters. The number of ether oxygens (including phenoxy) is 2. The van der Waals surface area contributed by atoms with Gasteiger partial charge < -0.3 is 14.8 Å². The van der Waals surface area contributed by atoms with Crippen LogP contribution >= 0.6 is 15.9 Å². The molecule has 0 bridgehead atoms. The molecule has 1 aromatic rings. The summed E-state index contributed by atoms with van der Waals surface area (Å²) >= 11 is 3.63. The van der Waals surface area contributed by atoms with Gasteiger partial charge in [0.2, 0.25) is 0 Å². The normalized spacial score (nSPS) is 20.8. The van der Waals surface area contributed by atoms with Gasteiger partial charge in [-0.15, -0.1) is 0 Å². The van der Waals surface area contributed by atoms with Crippen molar-refractivity contribution in [3.8, 4) is 5.75 Å². The van der Waals surface area contributed by atoms with Crippen LogP contribution in [0.5, 0.6) is 5.75 Å². The number of nitrogens with one attached hydrogen (secondary N) is 1. The molecule has 1 aromatic carbocycles.